The van der Waals surface area contributed by atoms with Gasteiger partial charge in [-0.2, -0.15) is 0 Å². The van der Waals surface area contributed by atoms with E-state index in [1.165, 1.54) is 0 Å². The lowest BCUT2D eigenvalue weighted by Gasteiger charge is -2.10. The fourth-order valence-corrected chi connectivity index (χ4v) is 2.59. The van der Waals surface area contributed by atoms with Gasteiger partial charge in [-0.25, -0.2) is 0 Å². The third-order valence-electron chi connectivity index (χ3n) is 3.85. The van der Waals surface area contributed by atoms with Crippen LogP contribution in [0, 0.1) is 0 Å². The Morgan fingerprint density at radius 2 is 1.68 bits per heavy atom. The van der Waals surface area contributed by atoms with Crippen LogP contribution in [-0.2, 0) is 4.74 Å². The Kier molecular flexibility index (Phi) is 5.65. The number of benzene rings is 3. The van der Waals surface area contributed by atoms with Crippen LogP contribution in [0.3, 0.4) is 0 Å². The molecule has 25 heavy (non-hydrogen) atoms. The number of carbonyl (C=O) groups is 1. The zero-order chi connectivity index (χ0) is 17.5. The molecule has 4 heteroatoms. The molecule has 0 fully saturated rings. The van der Waals surface area contributed by atoms with E-state index in [4.69, 9.17) is 9.47 Å². The normalized spacial score (nSPS) is 10.6. The first-order valence-electron chi connectivity index (χ1n) is 8.37. The topological polar surface area (TPSA) is 47.6 Å². The molecule has 0 radical (unpaired) electrons. The third-order valence-corrected chi connectivity index (χ3v) is 3.85. The number of anilines is 1. The first-order chi connectivity index (χ1) is 12.3. The van der Waals surface area contributed by atoms with E-state index < -0.39 is 0 Å². The molecule has 0 bridgehead atoms. The molecule has 4 nitrogen and oxygen atoms in total. The smallest absolute Gasteiger partial charge is 0.255 e. The summed E-state index contributed by atoms with van der Waals surface area (Å²) in [5, 5.41) is 5.10. The number of nitrogens with one attached hydrogen (secondary N) is 1. The average Bonchev–Trinajstić information content (AvgIpc) is 2.66. The predicted molar refractivity (Wildman–Crippen MR) is 100 cm³/mol. The van der Waals surface area contributed by atoms with Gasteiger partial charge in [0.2, 0.25) is 0 Å². The number of hydrogen-bond acceptors (Lipinski definition) is 3. The van der Waals surface area contributed by atoms with Crippen LogP contribution in [0.1, 0.15) is 17.3 Å². The van der Waals surface area contributed by atoms with Gasteiger partial charge in [-0.05, 0) is 42.6 Å². The highest BCUT2D eigenvalue weighted by Gasteiger charge is 2.08. The van der Waals surface area contributed by atoms with Gasteiger partial charge in [-0.15, -0.1) is 0 Å². The van der Waals surface area contributed by atoms with Crippen molar-refractivity contribution < 1.29 is 14.3 Å². The second kappa shape index (κ2) is 8.31. The fraction of sp³-hybridized carbons (Fsp3) is 0.190. The molecule has 0 aromatic heterocycles. The van der Waals surface area contributed by atoms with Gasteiger partial charge >= 0.3 is 0 Å². The summed E-state index contributed by atoms with van der Waals surface area (Å²) in [4.78, 5) is 12.5. The minimum Gasteiger partial charge on any atom is -0.491 e. The third kappa shape index (κ3) is 4.37. The average molecular weight is 335 g/mol. The molecule has 1 amide bonds. The Balaban J connectivity index is 1.66. The highest BCUT2D eigenvalue weighted by atomic mass is 16.5. The Hall–Kier alpha value is -2.85. The monoisotopic (exact) mass is 335 g/mol. The zero-order valence-corrected chi connectivity index (χ0v) is 14.2. The van der Waals surface area contributed by atoms with E-state index in [9.17, 15) is 4.79 Å². The number of ether oxygens (including phenoxy) is 2. The first-order valence-corrected chi connectivity index (χ1v) is 8.37. The fourth-order valence-electron chi connectivity index (χ4n) is 2.59. The molecule has 0 heterocycles. The number of rotatable bonds is 7. The van der Waals surface area contributed by atoms with E-state index in [2.05, 4.69) is 5.32 Å². The van der Waals surface area contributed by atoms with E-state index in [1.54, 1.807) is 24.3 Å². The Morgan fingerprint density at radius 3 is 2.48 bits per heavy atom. The van der Waals surface area contributed by atoms with Gasteiger partial charge in [0.1, 0.15) is 12.4 Å². The molecule has 1 N–H and O–H groups in total. The van der Waals surface area contributed by atoms with Crippen LogP contribution in [0.2, 0.25) is 0 Å². The molecule has 0 aliphatic carbocycles. The minimum atomic E-state index is -0.141. The van der Waals surface area contributed by atoms with Crippen LogP contribution < -0.4 is 10.1 Å². The number of hydrogen-bond donors (Lipinski definition) is 1. The summed E-state index contributed by atoms with van der Waals surface area (Å²) in [6, 6.07) is 21.0. The summed E-state index contributed by atoms with van der Waals surface area (Å²) in [6.07, 6.45) is 0. The molecule has 0 aliphatic rings. The van der Waals surface area contributed by atoms with Gasteiger partial charge in [-0.1, -0.05) is 36.4 Å². The van der Waals surface area contributed by atoms with Crippen LogP contribution in [0.5, 0.6) is 5.75 Å². The van der Waals surface area contributed by atoms with Crippen molar-refractivity contribution in [3.05, 3.63) is 72.3 Å². The van der Waals surface area contributed by atoms with Crippen molar-refractivity contribution in [3.8, 4) is 5.75 Å². The van der Waals surface area contributed by atoms with E-state index in [0.717, 1.165) is 22.2 Å². The van der Waals surface area contributed by atoms with Gasteiger partial charge in [0.15, 0.2) is 0 Å². The Labute approximate surface area is 147 Å². The molecule has 0 atom stereocenters. The van der Waals surface area contributed by atoms with Gasteiger partial charge < -0.3 is 14.8 Å². The highest BCUT2D eigenvalue weighted by molar-refractivity contribution is 6.09. The van der Waals surface area contributed by atoms with Crippen molar-refractivity contribution in [1.82, 2.24) is 0 Å². The molecule has 0 saturated carbocycles. The van der Waals surface area contributed by atoms with E-state index in [-0.39, 0.29) is 5.91 Å². The van der Waals surface area contributed by atoms with Crippen molar-refractivity contribution in [1.29, 1.82) is 0 Å². The van der Waals surface area contributed by atoms with E-state index >= 15 is 0 Å². The quantitative estimate of drug-likeness (QED) is 0.646. The lowest BCUT2D eigenvalue weighted by molar-refractivity contribution is 0.102. The predicted octanol–water partition coefficient (Wildman–Crippen LogP) is 4.51. The number of fused-ring (bicyclic) bond motifs is 1. The molecule has 0 unspecified atom stereocenters. The van der Waals surface area contributed by atoms with Crippen molar-refractivity contribution in [2.75, 3.05) is 25.1 Å². The van der Waals surface area contributed by atoms with Crippen LogP contribution in [0.4, 0.5) is 5.69 Å². The maximum atomic E-state index is 12.5. The second-order valence-electron chi connectivity index (χ2n) is 5.55. The van der Waals surface area contributed by atoms with Gasteiger partial charge in [0.25, 0.3) is 5.91 Å². The molecular formula is C21H21NO3. The summed E-state index contributed by atoms with van der Waals surface area (Å²) >= 11 is 0. The molecule has 0 aliphatic heterocycles. The first kappa shape index (κ1) is 17.0. The van der Waals surface area contributed by atoms with Crippen LogP contribution in [0.15, 0.2) is 66.7 Å². The standard InChI is InChI=1S/C21H21NO3/c1-2-24-14-15-25-18-12-10-17(11-13-18)21(23)22-20-9-5-7-16-6-3-4-8-19(16)20/h3-13H,2,14-15H2,1H3,(H,22,23). The summed E-state index contributed by atoms with van der Waals surface area (Å²) in [5.74, 6) is 0.582. The molecule has 3 aromatic rings. The minimum absolute atomic E-state index is 0.141. The molecule has 3 rings (SSSR count). The van der Waals surface area contributed by atoms with Crippen molar-refractivity contribution >= 4 is 22.4 Å². The number of carbonyl (C=O) groups excluding carboxylic acids is 1. The maximum Gasteiger partial charge on any atom is 0.255 e. The Bertz CT molecular complexity index is 838. The van der Waals surface area contributed by atoms with E-state index in [1.807, 2.05) is 49.4 Å². The zero-order valence-electron chi connectivity index (χ0n) is 14.2. The molecule has 0 saturated heterocycles. The van der Waals surface area contributed by atoms with Crippen LogP contribution in [0.25, 0.3) is 10.8 Å². The summed E-state index contributed by atoms with van der Waals surface area (Å²) in [7, 11) is 0. The SMILES string of the molecule is CCOCCOc1ccc(C(=O)Nc2cccc3ccccc23)cc1. The second-order valence-corrected chi connectivity index (χ2v) is 5.55. The molecule has 0 spiro atoms. The largest absolute Gasteiger partial charge is 0.491 e. The van der Waals surface area contributed by atoms with Crippen LogP contribution >= 0.6 is 0 Å². The lowest BCUT2D eigenvalue weighted by Crippen LogP contribution is -2.12. The Morgan fingerprint density at radius 1 is 0.920 bits per heavy atom. The maximum absolute atomic E-state index is 12.5. The summed E-state index contributed by atoms with van der Waals surface area (Å²) in [5.41, 5.74) is 1.39. The van der Waals surface area contributed by atoms with Crippen LogP contribution in [-0.4, -0.2) is 25.7 Å². The number of amides is 1. The van der Waals surface area contributed by atoms with Gasteiger partial charge in [-0.3, -0.25) is 4.79 Å². The van der Waals surface area contributed by atoms with E-state index in [0.29, 0.717) is 25.4 Å². The van der Waals surface area contributed by atoms with Gasteiger partial charge in [0.05, 0.1) is 6.61 Å². The van der Waals surface area contributed by atoms with Gasteiger partial charge in [0, 0.05) is 23.2 Å². The van der Waals surface area contributed by atoms with Crippen molar-refractivity contribution in [3.63, 3.8) is 0 Å². The molecule has 3 aromatic carbocycles. The molecule has 128 valence electrons. The van der Waals surface area contributed by atoms with Crippen molar-refractivity contribution in [2.45, 2.75) is 6.92 Å². The molecular weight excluding hydrogens is 314 g/mol. The van der Waals surface area contributed by atoms with Crippen molar-refractivity contribution in [2.24, 2.45) is 0 Å². The highest BCUT2D eigenvalue weighted by Crippen LogP contribution is 2.23. The summed E-state index contributed by atoms with van der Waals surface area (Å²) < 4.78 is 10.8. The lowest BCUT2D eigenvalue weighted by atomic mass is 10.1. The summed E-state index contributed by atoms with van der Waals surface area (Å²) in [6.45, 7) is 3.68.